The van der Waals surface area contributed by atoms with Gasteiger partial charge in [0.2, 0.25) is 0 Å². The molecule has 0 bridgehead atoms. The maximum absolute atomic E-state index is 12.9. The smallest absolute Gasteiger partial charge is 0.347 e. The Labute approximate surface area is 214 Å². The fraction of sp³-hybridized carbons (Fsp3) is 0.364. The lowest BCUT2D eigenvalue weighted by Crippen LogP contribution is -2.42. The normalized spacial score (nSPS) is 15.2. The number of aliphatic imine (C=N–C) groups is 1. The summed E-state index contributed by atoms with van der Waals surface area (Å²) in [5.74, 6) is -2.85. The highest BCUT2D eigenvalue weighted by Gasteiger charge is 2.32. The van der Waals surface area contributed by atoms with Crippen molar-refractivity contribution < 1.29 is 38.9 Å². The molecular weight excluding hydrogens is 512 g/mol. The predicted octanol–water partition coefficient (Wildman–Crippen LogP) is 2.71. The van der Waals surface area contributed by atoms with Crippen molar-refractivity contribution in [1.29, 1.82) is 0 Å². The Morgan fingerprint density at radius 3 is 2.39 bits per heavy atom. The van der Waals surface area contributed by atoms with Crippen LogP contribution in [0, 0.1) is 0 Å². The molecule has 0 saturated heterocycles. The van der Waals surface area contributed by atoms with Gasteiger partial charge in [0.15, 0.2) is 15.9 Å². The lowest BCUT2D eigenvalue weighted by molar-refractivity contribution is -0.136. The summed E-state index contributed by atoms with van der Waals surface area (Å²) in [7, 11) is 0. The average molecular weight is 537 g/mol. The first-order chi connectivity index (χ1) is 16.8. The summed E-state index contributed by atoms with van der Waals surface area (Å²) >= 11 is 1.74. The third-order valence-corrected chi connectivity index (χ3v) is 6.51. The van der Waals surface area contributed by atoms with E-state index in [1.807, 2.05) is 0 Å². The van der Waals surface area contributed by atoms with Crippen LogP contribution < -0.4 is 20.1 Å². The van der Waals surface area contributed by atoms with E-state index in [-0.39, 0.29) is 39.1 Å². The number of thioether (sulfide) groups is 1. The van der Waals surface area contributed by atoms with E-state index in [2.05, 4.69) is 20.6 Å². The van der Waals surface area contributed by atoms with Crippen molar-refractivity contribution in [2.24, 2.45) is 4.99 Å². The predicted molar refractivity (Wildman–Crippen MR) is 133 cm³/mol. The van der Waals surface area contributed by atoms with Gasteiger partial charge in [0.1, 0.15) is 21.6 Å². The molecule has 0 saturated carbocycles. The van der Waals surface area contributed by atoms with Crippen LogP contribution in [0.25, 0.3) is 0 Å². The molecule has 2 aromatic rings. The summed E-state index contributed by atoms with van der Waals surface area (Å²) < 4.78 is 11.6. The second kappa shape index (κ2) is 11.0. The minimum Gasteiger partial charge on any atom is -0.491 e. The van der Waals surface area contributed by atoms with Crippen molar-refractivity contribution in [2.45, 2.75) is 44.6 Å². The van der Waals surface area contributed by atoms with Gasteiger partial charge in [-0.2, -0.15) is 0 Å². The first-order valence-corrected chi connectivity index (χ1v) is 12.3. The van der Waals surface area contributed by atoms with Crippen LogP contribution in [0.15, 0.2) is 29.4 Å². The lowest BCUT2D eigenvalue weighted by atomic mass is 10.1. The number of carboxylic acid groups (broad SMARTS) is 2. The van der Waals surface area contributed by atoms with E-state index < -0.39 is 34.6 Å². The number of thiazole rings is 1. The lowest BCUT2D eigenvalue weighted by Gasteiger charge is -2.25. The molecule has 1 aliphatic rings. The number of aromatic nitrogens is 1. The zero-order chi connectivity index (χ0) is 26.6. The Morgan fingerprint density at radius 2 is 1.81 bits per heavy atom. The number of nitrogens with zero attached hydrogens (tertiary/aromatic N) is 2. The second-order valence-electron chi connectivity index (χ2n) is 8.31. The SMILES string of the molecule is CC(C)Oc1cc(OC(C)(C)C(=O)Nc2ncc(C(=O)O)s2)cc(C(=O)NC2=NCC(C(=O)O)S2)c1. The topological polar surface area (TPSA) is 177 Å². The van der Waals surface area contributed by atoms with Crippen LogP contribution >= 0.6 is 23.1 Å². The number of aromatic carboxylic acids is 1. The number of ether oxygens (including phenoxy) is 2. The van der Waals surface area contributed by atoms with Crippen molar-refractivity contribution in [1.82, 2.24) is 10.3 Å². The third-order valence-electron chi connectivity index (χ3n) is 4.52. The number of nitrogens with one attached hydrogen (secondary N) is 2. The molecule has 0 fully saturated rings. The molecule has 1 aromatic heterocycles. The Morgan fingerprint density at radius 1 is 1.11 bits per heavy atom. The van der Waals surface area contributed by atoms with Crippen LogP contribution in [0.3, 0.4) is 0 Å². The number of hydrogen-bond acceptors (Lipinski definition) is 10. The molecule has 3 rings (SSSR count). The van der Waals surface area contributed by atoms with Gasteiger partial charge in [-0.3, -0.25) is 24.7 Å². The van der Waals surface area contributed by atoms with Crippen molar-refractivity contribution >= 4 is 57.2 Å². The van der Waals surface area contributed by atoms with Gasteiger partial charge in [-0.1, -0.05) is 23.1 Å². The first-order valence-electron chi connectivity index (χ1n) is 10.6. The molecule has 1 aliphatic heterocycles. The van der Waals surface area contributed by atoms with Crippen molar-refractivity contribution in [3.05, 3.63) is 34.8 Å². The van der Waals surface area contributed by atoms with Crippen LogP contribution in [0.4, 0.5) is 5.13 Å². The van der Waals surface area contributed by atoms with E-state index >= 15 is 0 Å². The van der Waals surface area contributed by atoms with Gasteiger partial charge in [0, 0.05) is 11.6 Å². The number of carbonyl (C=O) groups is 4. The molecule has 4 N–H and O–H groups in total. The van der Waals surface area contributed by atoms with E-state index in [9.17, 15) is 19.2 Å². The highest BCUT2D eigenvalue weighted by atomic mass is 32.2. The van der Waals surface area contributed by atoms with Gasteiger partial charge in [-0.15, -0.1) is 0 Å². The first kappa shape index (κ1) is 26.9. The van der Waals surface area contributed by atoms with E-state index in [4.69, 9.17) is 19.7 Å². The quantitative estimate of drug-likeness (QED) is 0.373. The fourth-order valence-corrected chi connectivity index (χ4v) is 4.33. The van der Waals surface area contributed by atoms with E-state index in [0.29, 0.717) is 5.75 Å². The number of amidine groups is 1. The Kier molecular flexibility index (Phi) is 8.20. The minimum atomic E-state index is -1.45. The molecule has 0 spiro atoms. The highest BCUT2D eigenvalue weighted by molar-refractivity contribution is 8.15. The number of amides is 2. The summed E-state index contributed by atoms with van der Waals surface area (Å²) in [5, 5.41) is 22.8. The monoisotopic (exact) mass is 536 g/mol. The molecular formula is C22H24N4O8S2. The third kappa shape index (κ3) is 6.95. The summed E-state index contributed by atoms with van der Waals surface area (Å²) in [6.07, 6.45) is 0.923. The second-order valence-corrected chi connectivity index (χ2v) is 10.5. The zero-order valence-corrected chi connectivity index (χ0v) is 21.4. The largest absolute Gasteiger partial charge is 0.491 e. The summed E-state index contributed by atoms with van der Waals surface area (Å²) in [5.41, 5.74) is -1.30. The van der Waals surface area contributed by atoms with Gasteiger partial charge in [-0.05, 0) is 39.8 Å². The molecule has 2 amide bonds. The number of carbonyl (C=O) groups excluding carboxylic acids is 2. The van der Waals surface area contributed by atoms with Crippen LogP contribution in [0.5, 0.6) is 11.5 Å². The molecule has 192 valence electrons. The number of hydrogen-bond donors (Lipinski definition) is 4. The van der Waals surface area contributed by atoms with Gasteiger partial charge in [-0.25, -0.2) is 9.78 Å². The Balaban J connectivity index is 1.78. The van der Waals surface area contributed by atoms with E-state index in [1.165, 1.54) is 32.0 Å². The molecule has 0 radical (unpaired) electrons. The standard InChI is InChI=1S/C22H24N4O8S2/c1-10(2)33-12-5-11(16(27)25-20-23-8-14(35-20)17(28)29)6-13(7-12)34-22(3,4)19(32)26-21-24-9-15(36-21)18(30)31/h5-7,9-10,14H,8H2,1-4H3,(H,28,29)(H,30,31)(H,23,25,27)(H,24,26,32). The summed E-state index contributed by atoms with van der Waals surface area (Å²) in [6.45, 7) is 6.66. The zero-order valence-electron chi connectivity index (χ0n) is 19.7. The van der Waals surface area contributed by atoms with Crippen molar-refractivity contribution in [3.8, 4) is 11.5 Å². The van der Waals surface area contributed by atoms with Crippen LogP contribution in [0.1, 0.15) is 47.7 Å². The Hall–Kier alpha value is -3.65. The number of benzene rings is 1. The molecule has 36 heavy (non-hydrogen) atoms. The van der Waals surface area contributed by atoms with Crippen molar-refractivity contribution in [2.75, 3.05) is 11.9 Å². The molecule has 1 aromatic carbocycles. The van der Waals surface area contributed by atoms with E-state index in [1.54, 1.807) is 13.8 Å². The number of aliphatic carboxylic acids is 1. The molecule has 1 atom stereocenters. The van der Waals surface area contributed by atoms with Crippen LogP contribution in [-0.4, -0.2) is 67.6 Å². The molecule has 2 heterocycles. The number of rotatable bonds is 9. The summed E-state index contributed by atoms with van der Waals surface area (Å²) in [6, 6.07) is 4.44. The van der Waals surface area contributed by atoms with Crippen LogP contribution in [0.2, 0.25) is 0 Å². The average Bonchev–Trinajstić information content (AvgIpc) is 3.42. The number of carboxylic acids is 2. The molecule has 0 aliphatic carbocycles. The summed E-state index contributed by atoms with van der Waals surface area (Å²) in [4.78, 5) is 55.7. The van der Waals surface area contributed by atoms with Gasteiger partial charge in [0.05, 0.1) is 18.8 Å². The maximum Gasteiger partial charge on any atom is 0.347 e. The fourth-order valence-electron chi connectivity index (χ4n) is 2.86. The van der Waals surface area contributed by atoms with Gasteiger partial charge >= 0.3 is 11.9 Å². The Bertz CT molecular complexity index is 1220. The molecule has 14 heteroatoms. The number of anilines is 1. The highest BCUT2D eigenvalue weighted by Crippen LogP contribution is 2.29. The van der Waals surface area contributed by atoms with Gasteiger partial charge in [0.25, 0.3) is 11.8 Å². The minimum absolute atomic E-state index is 0.0297. The van der Waals surface area contributed by atoms with Crippen LogP contribution in [-0.2, 0) is 9.59 Å². The van der Waals surface area contributed by atoms with E-state index in [0.717, 1.165) is 29.3 Å². The van der Waals surface area contributed by atoms with Crippen molar-refractivity contribution in [3.63, 3.8) is 0 Å². The maximum atomic E-state index is 12.9. The molecule has 1 unspecified atom stereocenters. The molecule has 12 nitrogen and oxygen atoms in total. The van der Waals surface area contributed by atoms with Gasteiger partial charge < -0.3 is 25.0 Å².